The van der Waals surface area contributed by atoms with Gasteiger partial charge in [0.25, 0.3) is 0 Å². The maximum atomic E-state index is 13.7. The molecule has 3 rings (SSSR count). The topological polar surface area (TPSA) is 88.9 Å². The second-order valence-corrected chi connectivity index (χ2v) is 8.07. The molecule has 0 aliphatic heterocycles. The molecule has 0 radical (unpaired) electrons. The van der Waals surface area contributed by atoms with Crippen molar-refractivity contribution in [3.8, 4) is 0 Å². The van der Waals surface area contributed by atoms with Crippen LogP contribution in [0.2, 0.25) is 0 Å². The van der Waals surface area contributed by atoms with Gasteiger partial charge in [-0.15, -0.1) is 10.2 Å². The summed E-state index contributed by atoms with van der Waals surface area (Å²) in [6, 6.07) is 8.51. The lowest BCUT2D eigenvalue weighted by Crippen LogP contribution is -2.18. The molecular formula is C22H23F2N5O2S. The quantitative estimate of drug-likeness (QED) is 0.495. The van der Waals surface area contributed by atoms with Crippen LogP contribution >= 0.6 is 11.8 Å². The molecule has 1 aromatic heterocycles. The van der Waals surface area contributed by atoms with E-state index < -0.39 is 17.5 Å². The van der Waals surface area contributed by atoms with Crippen LogP contribution in [0.5, 0.6) is 0 Å². The number of benzene rings is 2. The van der Waals surface area contributed by atoms with E-state index in [-0.39, 0.29) is 23.8 Å². The summed E-state index contributed by atoms with van der Waals surface area (Å²) in [7, 11) is 0. The van der Waals surface area contributed by atoms with Crippen LogP contribution in [0.25, 0.3) is 0 Å². The molecule has 0 bridgehead atoms. The van der Waals surface area contributed by atoms with Crippen molar-refractivity contribution in [2.75, 3.05) is 16.4 Å². The monoisotopic (exact) mass is 459 g/mol. The maximum absolute atomic E-state index is 13.7. The highest BCUT2D eigenvalue weighted by Gasteiger charge is 2.17. The fourth-order valence-corrected chi connectivity index (χ4v) is 3.77. The van der Waals surface area contributed by atoms with Crippen molar-refractivity contribution in [3.63, 3.8) is 0 Å². The normalized spacial score (nSPS) is 10.8. The van der Waals surface area contributed by atoms with Crippen molar-refractivity contribution in [2.24, 2.45) is 0 Å². The van der Waals surface area contributed by atoms with E-state index in [0.29, 0.717) is 23.2 Å². The summed E-state index contributed by atoms with van der Waals surface area (Å²) in [5.74, 6) is -1.73. The first-order chi connectivity index (χ1) is 15.3. The molecular weight excluding hydrogens is 436 g/mol. The van der Waals surface area contributed by atoms with E-state index in [1.54, 1.807) is 4.57 Å². The van der Waals surface area contributed by atoms with Gasteiger partial charge in [0.05, 0.1) is 17.9 Å². The average molecular weight is 460 g/mol. The fraction of sp³-hybridized carbons (Fsp3) is 0.273. The van der Waals surface area contributed by atoms with Gasteiger partial charge in [-0.2, -0.15) is 0 Å². The summed E-state index contributed by atoms with van der Waals surface area (Å²) in [6.45, 7) is 6.35. The van der Waals surface area contributed by atoms with Crippen molar-refractivity contribution < 1.29 is 18.4 Å². The SMILES string of the molecule is CCn1c(CC(=O)Nc2ccc(C)c(C)c2)nnc1SCC(=O)Nc1cc(F)ccc1F. The molecule has 1 heterocycles. The smallest absolute Gasteiger partial charge is 0.234 e. The van der Waals surface area contributed by atoms with E-state index in [1.807, 2.05) is 39.0 Å². The molecule has 2 N–H and O–H groups in total. The largest absolute Gasteiger partial charge is 0.326 e. The van der Waals surface area contributed by atoms with Crippen LogP contribution < -0.4 is 10.6 Å². The van der Waals surface area contributed by atoms with Gasteiger partial charge in [0.15, 0.2) is 5.16 Å². The Morgan fingerprint density at radius 1 is 1.00 bits per heavy atom. The van der Waals surface area contributed by atoms with Crippen molar-refractivity contribution in [2.45, 2.75) is 38.9 Å². The highest BCUT2D eigenvalue weighted by atomic mass is 32.2. The number of carbonyl (C=O) groups is 2. The van der Waals surface area contributed by atoms with E-state index in [0.717, 1.165) is 41.1 Å². The lowest BCUT2D eigenvalue weighted by Gasteiger charge is -2.09. The van der Waals surface area contributed by atoms with Crippen LogP contribution in [-0.2, 0) is 22.6 Å². The molecule has 0 saturated heterocycles. The number of carbonyl (C=O) groups excluding carboxylic acids is 2. The second-order valence-electron chi connectivity index (χ2n) is 7.13. The zero-order valence-corrected chi connectivity index (χ0v) is 18.7. The van der Waals surface area contributed by atoms with Crippen LogP contribution in [-0.4, -0.2) is 32.3 Å². The summed E-state index contributed by atoms with van der Waals surface area (Å²) in [5.41, 5.74) is 2.70. The summed E-state index contributed by atoms with van der Waals surface area (Å²) in [5, 5.41) is 13.8. The van der Waals surface area contributed by atoms with Gasteiger partial charge in [-0.1, -0.05) is 17.8 Å². The fourth-order valence-electron chi connectivity index (χ4n) is 2.95. The molecule has 168 valence electrons. The molecule has 0 spiro atoms. The van der Waals surface area contributed by atoms with Gasteiger partial charge in [-0.05, 0) is 56.2 Å². The van der Waals surface area contributed by atoms with Crippen LogP contribution in [0, 0.1) is 25.5 Å². The molecule has 32 heavy (non-hydrogen) atoms. The number of amides is 2. The van der Waals surface area contributed by atoms with E-state index in [1.165, 1.54) is 0 Å². The zero-order valence-electron chi connectivity index (χ0n) is 17.9. The van der Waals surface area contributed by atoms with Crippen molar-refractivity contribution in [1.29, 1.82) is 0 Å². The molecule has 2 amide bonds. The molecule has 0 fully saturated rings. The Bertz CT molecular complexity index is 1150. The van der Waals surface area contributed by atoms with E-state index >= 15 is 0 Å². The van der Waals surface area contributed by atoms with Gasteiger partial charge in [-0.3, -0.25) is 9.59 Å². The van der Waals surface area contributed by atoms with Gasteiger partial charge in [-0.25, -0.2) is 8.78 Å². The Morgan fingerprint density at radius 3 is 2.50 bits per heavy atom. The number of nitrogens with one attached hydrogen (secondary N) is 2. The number of anilines is 2. The Balaban J connectivity index is 1.60. The highest BCUT2D eigenvalue weighted by molar-refractivity contribution is 7.99. The number of aromatic nitrogens is 3. The van der Waals surface area contributed by atoms with Gasteiger partial charge in [0.2, 0.25) is 11.8 Å². The standard InChI is InChI=1S/C22H23F2N5O2S/c1-4-29-19(11-20(30)25-16-7-5-13(2)14(3)9-16)27-28-22(29)32-12-21(31)26-18-10-15(23)6-8-17(18)24/h5-10H,4,11-12H2,1-3H3,(H,25,30)(H,26,31). The summed E-state index contributed by atoms with van der Waals surface area (Å²) in [6.07, 6.45) is 0.0228. The second kappa shape index (κ2) is 10.4. The van der Waals surface area contributed by atoms with Crippen LogP contribution in [0.15, 0.2) is 41.6 Å². The van der Waals surface area contributed by atoms with Crippen molar-refractivity contribution in [1.82, 2.24) is 14.8 Å². The number of aryl methyl sites for hydroxylation is 2. The van der Waals surface area contributed by atoms with E-state index in [9.17, 15) is 18.4 Å². The van der Waals surface area contributed by atoms with Crippen LogP contribution in [0.4, 0.5) is 20.2 Å². The minimum absolute atomic E-state index is 0.0228. The molecule has 0 aliphatic rings. The third-order valence-corrected chi connectivity index (χ3v) is 5.72. The number of thioether (sulfide) groups is 1. The number of hydrogen-bond acceptors (Lipinski definition) is 5. The van der Waals surface area contributed by atoms with Crippen molar-refractivity contribution in [3.05, 3.63) is 65.0 Å². The minimum atomic E-state index is -0.724. The first kappa shape index (κ1) is 23.4. The molecule has 3 aromatic rings. The molecule has 0 atom stereocenters. The Kier molecular flexibility index (Phi) is 7.57. The summed E-state index contributed by atoms with van der Waals surface area (Å²) >= 11 is 1.09. The third-order valence-electron chi connectivity index (χ3n) is 4.75. The minimum Gasteiger partial charge on any atom is -0.326 e. The highest BCUT2D eigenvalue weighted by Crippen LogP contribution is 2.20. The van der Waals surface area contributed by atoms with Gasteiger partial charge < -0.3 is 15.2 Å². The van der Waals surface area contributed by atoms with Crippen LogP contribution in [0.1, 0.15) is 23.9 Å². The molecule has 2 aromatic carbocycles. The zero-order chi connectivity index (χ0) is 23.3. The third kappa shape index (κ3) is 5.91. The number of rotatable bonds is 8. The van der Waals surface area contributed by atoms with Gasteiger partial charge >= 0.3 is 0 Å². The first-order valence-electron chi connectivity index (χ1n) is 9.93. The number of halogens is 2. The maximum Gasteiger partial charge on any atom is 0.234 e. The van der Waals surface area contributed by atoms with Crippen LogP contribution in [0.3, 0.4) is 0 Å². The first-order valence-corrected chi connectivity index (χ1v) is 10.9. The van der Waals surface area contributed by atoms with E-state index in [4.69, 9.17) is 0 Å². The lowest BCUT2D eigenvalue weighted by atomic mass is 10.1. The summed E-state index contributed by atoms with van der Waals surface area (Å²) < 4.78 is 28.7. The lowest BCUT2D eigenvalue weighted by molar-refractivity contribution is -0.116. The predicted molar refractivity (Wildman–Crippen MR) is 120 cm³/mol. The molecule has 0 unspecified atom stereocenters. The number of hydrogen-bond donors (Lipinski definition) is 2. The Labute approximate surface area is 188 Å². The Morgan fingerprint density at radius 2 is 1.78 bits per heavy atom. The van der Waals surface area contributed by atoms with Crippen molar-refractivity contribution >= 4 is 35.0 Å². The van der Waals surface area contributed by atoms with Gasteiger partial charge in [0, 0.05) is 18.3 Å². The van der Waals surface area contributed by atoms with E-state index in [2.05, 4.69) is 20.8 Å². The molecule has 0 saturated carbocycles. The predicted octanol–water partition coefficient (Wildman–Crippen LogP) is 4.11. The molecule has 7 nitrogen and oxygen atoms in total. The summed E-state index contributed by atoms with van der Waals surface area (Å²) in [4.78, 5) is 24.6. The molecule has 0 aliphatic carbocycles. The number of nitrogens with zero attached hydrogens (tertiary/aromatic N) is 3. The average Bonchev–Trinajstić information content (AvgIpc) is 3.13. The Hall–Kier alpha value is -3.27. The van der Waals surface area contributed by atoms with Gasteiger partial charge in [0.1, 0.15) is 17.5 Å². The molecule has 10 heteroatoms.